The number of thioether (sulfide) groups is 2. The van der Waals surface area contributed by atoms with Crippen LogP contribution in [0, 0.1) is 11.2 Å². The standard InChI is InChI=1S/C8H10Cl2S2/c1-3-11-6-5-7(9)8(10)12-4-2/h3-4H2,1-2H3. The van der Waals surface area contributed by atoms with Crippen molar-refractivity contribution in [2.45, 2.75) is 13.8 Å². The van der Waals surface area contributed by atoms with Crippen molar-refractivity contribution in [3.05, 3.63) is 9.40 Å². The Labute approximate surface area is 92.5 Å². The summed E-state index contributed by atoms with van der Waals surface area (Å²) in [5.74, 6) is 4.66. The van der Waals surface area contributed by atoms with E-state index in [1.807, 2.05) is 13.8 Å². The molecule has 0 heterocycles. The Morgan fingerprint density at radius 3 is 2.42 bits per heavy atom. The Morgan fingerprint density at radius 1 is 1.25 bits per heavy atom. The zero-order chi connectivity index (χ0) is 9.40. The van der Waals surface area contributed by atoms with E-state index in [4.69, 9.17) is 23.2 Å². The molecule has 0 atom stereocenters. The van der Waals surface area contributed by atoms with Gasteiger partial charge in [-0.3, -0.25) is 0 Å². The second kappa shape index (κ2) is 8.19. The molecule has 0 N–H and O–H groups in total. The van der Waals surface area contributed by atoms with Gasteiger partial charge in [-0.15, -0.1) is 11.8 Å². The van der Waals surface area contributed by atoms with Crippen LogP contribution in [0.25, 0.3) is 0 Å². The number of hydrogen-bond acceptors (Lipinski definition) is 2. The van der Waals surface area contributed by atoms with Gasteiger partial charge in [-0.1, -0.05) is 48.8 Å². The van der Waals surface area contributed by atoms with Crippen molar-refractivity contribution in [2.24, 2.45) is 0 Å². The monoisotopic (exact) mass is 240 g/mol. The first-order valence-electron chi connectivity index (χ1n) is 3.53. The van der Waals surface area contributed by atoms with Crippen LogP contribution in [0.4, 0.5) is 0 Å². The van der Waals surface area contributed by atoms with Crippen LogP contribution < -0.4 is 0 Å². The van der Waals surface area contributed by atoms with Gasteiger partial charge in [-0.05, 0) is 16.9 Å². The Morgan fingerprint density at radius 2 is 1.92 bits per heavy atom. The fourth-order valence-corrected chi connectivity index (χ4v) is 1.78. The normalized spacial score (nSPS) is 11.7. The van der Waals surface area contributed by atoms with Crippen molar-refractivity contribution < 1.29 is 0 Å². The first kappa shape index (κ1) is 12.6. The summed E-state index contributed by atoms with van der Waals surface area (Å²) in [5.41, 5.74) is 0. The van der Waals surface area contributed by atoms with Crippen LogP contribution in [0.15, 0.2) is 9.40 Å². The van der Waals surface area contributed by atoms with Gasteiger partial charge in [0.2, 0.25) is 0 Å². The maximum atomic E-state index is 5.81. The molecule has 4 heteroatoms. The molecule has 0 fully saturated rings. The molecule has 0 unspecified atom stereocenters. The molecule has 0 radical (unpaired) electrons. The van der Waals surface area contributed by atoms with Gasteiger partial charge in [0.05, 0.1) is 0 Å². The van der Waals surface area contributed by atoms with E-state index in [-0.39, 0.29) is 0 Å². The predicted molar refractivity (Wildman–Crippen MR) is 62.8 cm³/mol. The number of allylic oxidation sites excluding steroid dienone is 1. The molecule has 0 aliphatic rings. The molecule has 68 valence electrons. The van der Waals surface area contributed by atoms with Crippen molar-refractivity contribution in [3.8, 4) is 11.2 Å². The largest absolute Gasteiger partial charge is 0.116 e. The van der Waals surface area contributed by atoms with Gasteiger partial charge in [0, 0.05) is 5.75 Å². The van der Waals surface area contributed by atoms with Crippen LogP contribution in [0.3, 0.4) is 0 Å². The fraction of sp³-hybridized carbons (Fsp3) is 0.500. The van der Waals surface area contributed by atoms with E-state index in [1.54, 1.807) is 0 Å². The average Bonchev–Trinajstić information content (AvgIpc) is 2.05. The van der Waals surface area contributed by atoms with E-state index in [0.717, 1.165) is 11.5 Å². The lowest BCUT2D eigenvalue weighted by atomic mass is 10.7. The minimum Gasteiger partial charge on any atom is -0.112 e. The van der Waals surface area contributed by atoms with Crippen molar-refractivity contribution in [3.63, 3.8) is 0 Å². The zero-order valence-electron chi connectivity index (χ0n) is 6.99. The van der Waals surface area contributed by atoms with Gasteiger partial charge in [-0.2, -0.15) is 0 Å². The Bertz CT molecular complexity index is 213. The maximum Gasteiger partial charge on any atom is 0.116 e. The first-order valence-corrected chi connectivity index (χ1v) is 6.25. The zero-order valence-corrected chi connectivity index (χ0v) is 10.1. The fourth-order valence-electron chi connectivity index (χ4n) is 0.392. The van der Waals surface area contributed by atoms with Crippen molar-refractivity contribution >= 4 is 46.7 Å². The van der Waals surface area contributed by atoms with Crippen LogP contribution in [-0.2, 0) is 0 Å². The van der Waals surface area contributed by atoms with Crippen LogP contribution in [0.2, 0.25) is 0 Å². The van der Waals surface area contributed by atoms with Crippen LogP contribution in [-0.4, -0.2) is 11.5 Å². The summed E-state index contributed by atoms with van der Waals surface area (Å²) in [4.78, 5) is 0. The minimum atomic E-state index is 0.449. The number of halogens is 2. The Kier molecular flexibility index (Phi) is 8.59. The molecule has 0 nitrogen and oxygen atoms in total. The Hall–Kier alpha value is 0.580. The van der Waals surface area contributed by atoms with E-state index in [1.165, 1.54) is 23.5 Å². The highest BCUT2D eigenvalue weighted by Gasteiger charge is 1.96. The third-order valence-corrected chi connectivity index (χ3v) is 3.11. The third kappa shape index (κ3) is 6.14. The third-order valence-electron chi connectivity index (χ3n) is 0.821. The van der Waals surface area contributed by atoms with Crippen molar-refractivity contribution in [1.29, 1.82) is 0 Å². The summed E-state index contributed by atoms with van der Waals surface area (Å²) in [7, 11) is 0. The maximum absolute atomic E-state index is 5.81. The molecule has 0 spiro atoms. The van der Waals surface area contributed by atoms with Gasteiger partial charge in [0.25, 0.3) is 0 Å². The molecule has 0 saturated carbocycles. The summed E-state index contributed by atoms with van der Waals surface area (Å²) in [6.45, 7) is 4.06. The highest BCUT2D eigenvalue weighted by atomic mass is 35.5. The molecule has 0 aromatic carbocycles. The molecule has 0 aliphatic carbocycles. The molecule has 0 aliphatic heterocycles. The number of hydrogen-bond donors (Lipinski definition) is 0. The molecule has 12 heavy (non-hydrogen) atoms. The quantitative estimate of drug-likeness (QED) is 0.682. The van der Waals surface area contributed by atoms with Gasteiger partial charge in [-0.25, -0.2) is 0 Å². The van der Waals surface area contributed by atoms with E-state index in [9.17, 15) is 0 Å². The second-order valence-electron chi connectivity index (χ2n) is 1.68. The molecule has 0 bridgehead atoms. The lowest BCUT2D eigenvalue weighted by molar-refractivity contribution is 1.53. The summed E-state index contributed by atoms with van der Waals surface area (Å²) in [6, 6.07) is 0. The van der Waals surface area contributed by atoms with Gasteiger partial charge < -0.3 is 0 Å². The van der Waals surface area contributed by atoms with Crippen LogP contribution >= 0.6 is 46.7 Å². The molecular weight excluding hydrogens is 231 g/mol. The van der Waals surface area contributed by atoms with Gasteiger partial charge in [0.15, 0.2) is 0 Å². The molecule has 0 amide bonds. The lowest BCUT2D eigenvalue weighted by Crippen LogP contribution is -1.71. The number of rotatable bonds is 3. The first-order chi connectivity index (χ1) is 5.72. The summed E-state index contributed by atoms with van der Waals surface area (Å²) >= 11 is 14.6. The van der Waals surface area contributed by atoms with E-state index < -0.39 is 0 Å². The second-order valence-corrected chi connectivity index (χ2v) is 5.01. The molecule has 0 rings (SSSR count). The topological polar surface area (TPSA) is 0 Å². The minimum absolute atomic E-state index is 0.449. The molecule has 0 aromatic rings. The Balaban J connectivity index is 4.08. The molecular formula is C8H10Cl2S2. The summed E-state index contributed by atoms with van der Waals surface area (Å²) in [6.07, 6.45) is 0. The highest BCUT2D eigenvalue weighted by molar-refractivity contribution is 8.04. The van der Waals surface area contributed by atoms with E-state index in [0.29, 0.717) is 9.40 Å². The van der Waals surface area contributed by atoms with Crippen LogP contribution in [0.1, 0.15) is 13.8 Å². The SMILES string of the molecule is CCSC#CC(Cl)=C(Cl)SCC. The predicted octanol–water partition coefficient (Wildman–Crippen LogP) is 4.10. The smallest absolute Gasteiger partial charge is 0.112 e. The van der Waals surface area contributed by atoms with Crippen molar-refractivity contribution in [2.75, 3.05) is 11.5 Å². The van der Waals surface area contributed by atoms with E-state index >= 15 is 0 Å². The molecule has 0 saturated heterocycles. The van der Waals surface area contributed by atoms with E-state index in [2.05, 4.69) is 11.2 Å². The summed E-state index contributed by atoms with van der Waals surface area (Å²) < 4.78 is 0.586. The summed E-state index contributed by atoms with van der Waals surface area (Å²) in [5, 5.41) is 3.30. The van der Waals surface area contributed by atoms with Crippen LogP contribution in [0.5, 0.6) is 0 Å². The highest BCUT2D eigenvalue weighted by Crippen LogP contribution is 2.25. The van der Waals surface area contributed by atoms with Gasteiger partial charge >= 0.3 is 0 Å². The average molecular weight is 241 g/mol. The molecule has 0 aromatic heterocycles. The van der Waals surface area contributed by atoms with Crippen molar-refractivity contribution in [1.82, 2.24) is 0 Å². The van der Waals surface area contributed by atoms with Gasteiger partial charge in [0.1, 0.15) is 9.40 Å². The lowest BCUT2D eigenvalue weighted by Gasteiger charge is -1.93.